The zero-order chi connectivity index (χ0) is 11.5. The van der Waals surface area contributed by atoms with E-state index in [2.05, 4.69) is 25.1 Å². The van der Waals surface area contributed by atoms with Gasteiger partial charge in [0.15, 0.2) is 0 Å². The van der Waals surface area contributed by atoms with Crippen LogP contribution in [0.25, 0.3) is 0 Å². The van der Waals surface area contributed by atoms with Crippen LogP contribution in [0.2, 0.25) is 0 Å². The maximum atomic E-state index is 11.3. The van der Waals surface area contributed by atoms with Crippen LogP contribution in [0.3, 0.4) is 0 Å². The number of hydrogen-bond donors (Lipinski definition) is 1. The van der Waals surface area contributed by atoms with Crippen LogP contribution >= 0.6 is 0 Å². The summed E-state index contributed by atoms with van der Waals surface area (Å²) in [6.45, 7) is 7.71. The molecule has 1 fully saturated rings. The standard InChI is InChI=1S/C11H21NO2S/c1-4-15(13,14)12-11-7-5-6-10(8-11)9(2)3/h4,9-12H,1,5-8H2,2-3H3/t10-,11-/m0/s1. The van der Waals surface area contributed by atoms with Gasteiger partial charge < -0.3 is 0 Å². The van der Waals surface area contributed by atoms with Gasteiger partial charge in [-0.2, -0.15) is 0 Å². The summed E-state index contributed by atoms with van der Waals surface area (Å²) in [4.78, 5) is 0. The molecule has 1 rings (SSSR count). The summed E-state index contributed by atoms with van der Waals surface area (Å²) >= 11 is 0. The quantitative estimate of drug-likeness (QED) is 0.806. The van der Waals surface area contributed by atoms with Gasteiger partial charge in [0.25, 0.3) is 0 Å². The molecule has 1 saturated carbocycles. The van der Waals surface area contributed by atoms with Crippen molar-refractivity contribution in [1.29, 1.82) is 0 Å². The van der Waals surface area contributed by atoms with Gasteiger partial charge in [0.2, 0.25) is 10.0 Å². The molecular formula is C11H21NO2S. The highest BCUT2D eigenvalue weighted by Gasteiger charge is 2.26. The Morgan fingerprint density at radius 3 is 2.60 bits per heavy atom. The molecule has 2 atom stereocenters. The molecule has 1 aliphatic rings. The molecule has 0 aromatic rings. The van der Waals surface area contributed by atoms with Crippen LogP contribution in [-0.4, -0.2) is 14.5 Å². The van der Waals surface area contributed by atoms with Gasteiger partial charge in [0.05, 0.1) is 0 Å². The lowest BCUT2D eigenvalue weighted by Crippen LogP contribution is -2.38. The Kier molecular flexibility index (Phi) is 4.34. The summed E-state index contributed by atoms with van der Waals surface area (Å²) in [6, 6.07) is 0.106. The average molecular weight is 231 g/mol. The van der Waals surface area contributed by atoms with E-state index in [0.717, 1.165) is 24.7 Å². The summed E-state index contributed by atoms with van der Waals surface area (Å²) in [5, 5.41) is 0.992. The summed E-state index contributed by atoms with van der Waals surface area (Å²) in [6.07, 6.45) is 4.26. The van der Waals surface area contributed by atoms with E-state index in [4.69, 9.17) is 0 Å². The molecule has 4 heteroatoms. The van der Waals surface area contributed by atoms with Crippen LogP contribution in [0, 0.1) is 11.8 Å². The Hall–Kier alpha value is -0.350. The van der Waals surface area contributed by atoms with Gasteiger partial charge in [-0.1, -0.05) is 33.3 Å². The largest absolute Gasteiger partial charge is 0.233 e. The molecule has 0 unspecified atom stereocenters. The summed E-state index contributed by atoms with van der Waals surface area (Å²) in [5.74, 6) is 1.29. The van der Waals surface area contributed by atoms with Gasteiger partial charge in [-0.15, -0.1) is 0 Å². The monoisotopic (exact) mass is 231 g/mol. The molecule has 3 nitrogen and oxygen atoms in total. The van der Waals surface area contributed by atoms with E-state index in [9.17, 15) is 8.42 Å². The first-order valence-corrected chi connectivity index (χ1v) is 7.14. The van der Waals surface area contributed by atoms with Crippen molar-refractivity contribution in [2.45, 2.75) is 45.6 Å². The summed E-state index contributed by atoms with van der Waals surface area (Å²) < 4.78 is 25.3. The van der Waals surface area contributed by atoms with E-state index in [1.54, 1.807) is 0 Å². The third kappa shape index (κ3) is 3.95. The summed E-state index contributed by atoms with van der Waals surface area (Å²) in [7, 11) is -3.25. The Bertz CT molecular complexity index is 309. The second kappa shape index (κ2) is 5.12. The van der Waals surface area contributed by atoms with E-state index in [1.807, 2.05) is 0 Å². The highest BCUT2D eigenvalue weighted by molar-refractivity contribution is 7.92. The molecule has 1 N–H and O–H groups in total. The highest BCUT2D eigenvalue weighted by atomic mass is 32.2. The maximum absolute atomic E-state index is 11.3. The minimum atomic E-state index is -3.25. The van der Waals surface area contributed by atoms with E-state index in [1.165, 1.54) is 6.42 Å². The van der Waals surface area contributed by atoms with Gasteiger partial charge in [0.1, 0.15) is 0 Å². The molecule has 0 amide bonds. The lowest BCUT2D eigenvalue weighted by atomic mass is 9.80. The van der Waals surface area contributed by atoms with E-state index < -0.39 is 10.0 Å². The lowest BCUT2D eigenvalue weighted by Gasteiger charge is -2.31. The zero-order valence-corrected chi connectivity index (χ0v) is 10.4. The van der Waals surface area contributed by atoms with Crippen molar-refractivity contribution in [2.24, 2.45) is 11.8 Å². The Morgan fingerprint density at radius 2 is 2.07 bits per heavy atom. The van der Waals surface area contributed by atoms with Crippen LogP contribution in [0.4, 0.5) is 0 Å². The van der Waals surface area contributed by atoms with Crippen LogP contribution < -0.4 is 4.72 Å². The van der Waals surface area contributed by atoms with Gasteiger partial charge in [-0.25, -0.2) is 13.1 Å². The van der Waals surface area contributed by atoms with Gasteiger partial charge in [0, 0.05) is 11.4 Å². The molecule has 0 bridgehead atoms. The van der Waals surface area contributed by atoms with Crippen LogP contribution in [0.15, 0.2) is 12.0 Å². The Morgan fingerprint density at radius 1 is 1.40 bits per heavy atom. The number of nitrogens with one attached hydrogen (secondary N) is 1. The third-order valence-electron chi connectivity index (χ3n) is 3.21. The SMILES string of the molecule is C=CS(=O)(=O)N[C@H]1CCC[C@H](C(C)C)C1. The third-order valence-corrected chi connectivity index (χ3v) is 4.31. The lowest BCUT2D eigenvalue weighted by molar-refractivity contribution is 0.246. The van der Waals surface area contributed by atoms with E-state index in [0.29, 0.717) is 11.8 Å². The maximum Gasteiger partial charge on any atom is 0.233 e. The predicted octanol–water partition coefficient (Wildman–Crippen LogP) is 2.26. The fourth-order valence-corrected chi connectivity index (χ4v) is 3.00. The first-order chi connectivity index (χ1) is 6.94. The van der Waals surface area contributed by atoms with Crippen LogP contribution in [-0.2, 0) is 10.0 Å². The molecule has 0 aromatic heterocycles. The van der Waals surface area contributed by atoms with Gasteiger partial charge in [-0.05, 0) is 24.7 Å². The topological polar surface area (TPSA) is 46.2 Å². The average Bonchev–Trinajstić information content (AvgIpc) is 2.17. The first-order valence-electron chi connectivity index (χ1n) is 5.59. The fraction of sp³-hybridized carbons (Fsp3) is 0.818. The molecule has 0 spiro atoms. The van der Waals surface area contributed by atoms with Crippen molar-refractivity contribution >= 4 is 10.0 Å². The van der Waals surface area contributed by atoms with Gasteiger partial charge in [-0.3, -0.25) is 0 Å². The second-order valence-electron chi connectivity index (χ2n) is 4.70. The van der Waals surface area contributed by atoms with Crippen molar-refractivity contribution < 1.29 is 8.42 Å². The van der Waals surface area contributed by atoms with Crippen molar-refractivity contribution in [3.8, 4) is 0 Å². The summed E-state index contributed by atoms with van der Waals surface area (Å²) in [5.41, 5.74) is 0. The predicted molar refractivity (Wildman–Crippen MR) is 62.8 cm³/mol. The molecule has 0 aliphatic heterocycles. The zero-order valence-electron chi connectivity index (χ0n) is 9.57. The molecule has 0 saturated heterocycles. The smallest absolute Gasteiger partial charge is 0.209 e. The van der Waals surface area contributed by atoms with Crippen molar-refractivity contribution in [2.75, 3.05) is 0 Å². The molecule has 0 aromatic carbocycles. The van der Waals surface area contributed by atoms with Crippen molar-refractivity contribution in [1.82, 2.24) is 4.72 Å². The number of hydrogen-bond acceptors (Lipinski definition) is 2. The Labute approximate surface area is 93.0 Å². The normalized spacial score (nSPS) is 27.9. The minimum Gasteiger partial charge on any atom is -0.209 e. The molecular weight excluding hydrogens is 210 g/mol. The van der Waals surface area contributed by atoms with Crippen LogP contribution in [0.1, 0.15) is 39.5 Å². The van der Waals surface area contributed by atoms with E-state index >= 15 is 0 Å². The first kappa shape index (κ1) is 12.7. The van der Waals surface area contributed by atoms with Crippen molar-refractivity contribution in [3.05, 3.63) is 12.0 Å². The molecule has 0 radical (unpaired) electrons. The highest BCUT2D eigenvalue weighted by Crippen LogP contribution is 2.30. The number of sulfonamides is 1. The minimum absolute atomic E-state index is 0.106. The van der Waals surface area contributed by atoms with Crippen LogP contribution in [0.5, 0.6) is 0 Å². The molecule has 1 aliphatic carbocycles. The van der Waals surface area contributed by atoms with Gasteiger partial charge >= 0.3 is 0 Å². The second-order valence-corrected chi connectivity index (χ2v) is 6.36. The fourth-order valence-electron chi connectivity index (χ4n) is 2.22. The number of rotatable bonds is 4. The Balaban J connectivity index is 2.54. The molecule has 0 heterocycles. The molecule has 88 valence electrons. The molecule has 15 heavy (non-hydrogen) atoms. The van der Waals surface area contributed by atoms with E-state index in [-0.39, 0.29) is 6.04 Å². The van der Waals surface area contributed by atoms with Crippen molar-refractivity contribution in [3.63, 3.8) is 0 Å².